The van der Waals surface area contributed by atoms with Crippen LogP contribution in [0.1, 0.15) is 48.9 Å². The zero-order valence-corrected chi connectivity index (χ0v) is 21.4. The summed E-state index contributed by atoms with van der Waals surface area (Å²) in [6.45, 7) is 4.75. The summed E-state index contributed by atoms with van der Waals surface area (Å²) in [6.07, 6.45) is 3.87. The SMILES string of the molecule is CCOc1ccc(C2CC(c3ccc(F)cc3)=NN2C(=O)CN2CCC(Cc3ccccc3)CC2)cc1. The Morgan fingerprint density at radius 3 is 2.35 bits per heavy atom. The third-order valence-corrected chi connectivity index (χ3v) is 7.35. The molecule has 1 fully saturated rings. The Kier molecular flexibility index (Phi) is 7.95. The number of rotatable bonds is 8. The molecule has 192 valence electrons. The van der Waals surface area contributed by atoms with Crippen LogP contribution in [-0.2, 0) is 11.2 Å². The molecule has 3 aromatic rings. The highest BCUT2D eigenvalue weighted by Gasteiger charge is 2.34. The van der Waals surface area contributed by atoms with Gasteiger partial charge < -0.3 is 4.74 Å². The first-order valence-corrected chi connectivity index (χ1v) is 13.2. The van der Waals surface area contributed by atoms with Crippen molar-refractivity contribution in [1.29, 1.82) is 0 Å². The number of piperidine rings is 1. The smallest absolute Gasteiger partial charge is 0.257 e. The lowest BCUT2D eigenvalue weighted by Gasteiger charge is -2.33. The van der Waals surface area contributed by atoms with Crippen LogP contribution in [0.2, 0.25) is 0 Å². The number of ether oxygens (including phenoxy) is 1. The van der Waals surface area contributed by atoms with Gasteiger partial charge in [0.15, 0.2) is 0 Å². The van der Waals surface area contributed by atoms with Crippen molar-refractivity contribution in [3.8, 4) is 5.75 Å². The second-order valence-corrected chi connectivity index (χ2v) is 9.92. The van der Waals surface area contributed by atoms with Crippen molar-refractivity contribution in [2.75, 3.05) is 26.2 Å². The predicted octanol–water partition coefficient (Wildman–Crippen LogP) is 5.86. The average Bonchev–Trinajstić information content (AvgIpc) is 3.37. The van der Waals surface area contributed by atoms with E-state index in [1.165, 1.54) is 17.7 Å². The van der Waals surface area contributed by atoms with Gasteiger partial charge in [0.25, 0.3) is 5.91 Å². The lowest BCUT2D eigenvalue weighted by Crippen LogP contribution is -2.42. The summed E-state index contributed by atoms with van der Waals surface area (Å²) in [5.41, 5.74) is 4.04. The third-order valence-electron chi connectivity index (χ3n) is 7.35. The second-order valence-electron chi connectivity index (χ2n) is 9.92. The number of likely N-dealkylation sites (tertiary alicyclic amines) is 1. The Morgan fingerprint density at radius 2 is 1.68 bits per heavy atom. The number of carbonyl (C=O) groups is 1. The third kappa shape index (κ3) is 6.25. The van der Waals surface area contributed by atoms with Crippen molar-refractivity contribution in [2.45, 2.75) is 38.6 Å². The van der Waals surface area contributed by atoms with E-state index in [9.17, 15) is 9.18 Å². The highest BCUT2D eigenvalue weighted by Crippen LogP contribution is 2.34. The fourth-order valence-electron chi connectivity index (χ4n) is 5.33. The van der Waals surface area contributed by atoms with E-state index in [-0.39, 0.29) is 17.8 Å². The van der Waals surface area contributed by atoms with E-state index >= 15 is 0 Å². The van der Waals surface area contributed by atoms with Crippen molar-refractivity contribution in [3.05, 3.63) is 101 Å². The molecule has 1 unspecified atom stereocenters. The van der Waals surface area contributed by atoms with E-state index in [4.69, 9.17) is 9.84 Å². The summed E-state index contributed by atoms with van der Waals surface area (Å²) in [5, 5.41) is 6.40. The first kappa shape index (κ1) is 25.2. The van der Waals surface area contributed by atoms with E-state index in [2.05, 4.69) is 35.2 Å². The molecule has 2 heterocycles. The maximum atomic E-state index is 13.6. The van der Waals surface area contributed by atoms with Gasteiger partial charge in [0.05, 0.1) is 24.9 Å². The molecule has 2 aliphatic heterocycles. The van der Waals surface area contributed by atoms with Crippen molar-refractivity contribution in [2.24, 2.45) is 11.0 Å². The van der Waals surface area contributed by atoms with E-state index in [1.54, 1.807) is 17.1 Å². The highest BCUT2D eigenvalue weighted by molar-refractivity contribution is 6.03. The fraction of sp³-hybridized carbons (Fsp3) is 0.355. The van der Waals surface area contributed by atoms with Gasteiger partial charge in [-0.05, 0) is 86.1 Å². The van der Waals surface area contributed by atoms with Gasteiger partial charge in [-0.25, -0.2) is 9.40 Å². The van der Waals surface area contributed by atoms with E-state index < -0.39 is 0 Å². The maximum absolute atomic E-state index is 13.6. The number of nitrogens with zero attached hydrogens (tertiary/aromatic N) is 3. The molecule has 1 amide bonds. The summed E-state index contributed by atoms with van der Waals surface area (Å²) >= 11 is 0. The van der Waals surface area contributed by atoms with Crippen LogP contribution in [0.3, 0.4) is 0 Å². The monoisotopic (exact) mass is 499 g/mol. The second kappa shape index (κ2) is 11.7. The van der Waals surface area contributed by atoms with Crippen LogP contribution in [0.25, 0.3) is 0 Å². The van der Waals surface area contributed by atoms with Gasteiger partial charge in [-0.2, -0.15) is 5.10 Å². The molecule has 0 radical (unpaired) electrons. The molecule has 0 spiro atoms. The Balaban J connectivity index is 1.27. The molecule has 0 bridgehead atoms. The summed E-state index contributed by atoms with van der Waals surface area (Å²) in [4.78, 5) is 15.8. The molecule has 1 saturated heterocycles. The molecule has 0 aromatic heterocycles. The summed E-state index contributed by atoms with van der Waals surface area (Å²) in [6, 6.07) is 24.7. The molecule has 6 heteroatoms. The van der Waals surface area contributed by atoms with Crippen molar-refractivity contribution in [3.63, 3.8) is 0 Å². The number of benzene rings is 3. The average molecular weight is 500 g/mol. The first-order chi connectivity index (χ1) is 18.1. The summed E-state index contributed by atoms with van der Waals surface area (Å²) < 4.78 is 19.1. The molecule has 2 aliphatic rings. The lowest BCUT2D eigenvalue weighted by atomic mass is 9.90. The fourth-order valence-corrected chi connectivity index (χ4v) is 5.33. The number of hydrogen-bond donors (Lipinski definition) is 0. The predicted molar refractivity (Wildman–Crippen MR) is 144 cm³/mol. The number of halogens is 1. The minimum Gasteiger partial charge on any atom is -0.494 e. The van der Waals surface area contributed by atoms with Crippen molar-refractivity contribution in [1.82, 2.24) is 9.91 Å². The van der Waals surface area contributed by atoms with Gasteiger partial charge in [-0.3, -0.25) is 9.69 Å². The van der Waals surface area contributed by atoms with Gasteiger partial charge in [-0.1, -0.05) is 54.6 Å². The molecule has 0 saturated carbocycles. The molecule has 1 atom stereocenters. The summed E-state index contributed by atoms with van der Waals surface area (Å²) in [5.74, 6) is 1.17. The van der Waals surface area contributed by atoms with E-state index in [0.29, 0.717) is 25.5 Å². The summed E-state index contributed by atoms with van der Waals surface area (Å²) in [7, 11) is 0. The van der Waals surface area contributed by atoms with Crippen LogP contribution in [0, 0.1) is 11.7 Å². The minimum absolute atomic E-state index is 0.00231. The number of hydrazone groups is 1. The number of carbonyl (C=O) groups excluding carboxylic acids is 1. The first-order valence-electron chi connectivity index (χ1n) is 13.2. The van der Waals surface area contributed by atoms with Crippen LogP contribution < -0.4 is 4.74 Å². The lowest BCUT2D eigenvalue weighted by molar-refractivity contribution is -0.134. The van der Waals surface area contributed by atoms with Gasteiger partial charge in [0.1, 0.15) is 11.6 Å². The number of amides is 1. The molecule has 0 aliphatic carbocycles. The normalized spacial score (nSPS) is 18.6. The molecular weight excluding hydrogens is 465 g/mol. The standard InChI is InChI=1S/C31H34FN3O2/c1-2-37-28-14-10-26(11-15-28)30-21-29(25-8-12-27(32)13-9-25)33-35(30)31(36)22-34-18-16-24(17-19-34)20-23-6-4-3-5-7-23/h3-15,24,30H,2,16-22H2,1H3. The molecule has 37 heavy (non-hydrogen) atoms. The van der Waals surface area contributed by atoms with Crippen molar-refractivity contribution < 1.29 is 13.9 Å². The quantitative estimate of drug-likeness (QED) is 0.390. The van der Waals surface area contributed by atoms with E-state index in [1.807, 2.05) is 31.2 Å². The Bertz CT molecular complexity index is 1200. The zero-order chi connectivity index (χ0) is 25.6. The number of hydrogen-bond acceptors (Lipinski definition) is 4. The Morgan fingerprint density at radius 1 is 0.973 bits per heavy atom. The van der Waals surface area contributed by atoms with Crippen LogP contribution in [0.15, 0.2) is 84.0 Å². The molecule has 5 nitrogen and oxygen atoms in total. The molecular formula is C31H34FN3O2. The van der Waals surface area contributed by atoms with Gasteiger partial charge in [0, 0.05) is 6.42 Å². The van der Waals surface area contributed by atoms with Gasteiger partial charge in [0.2, 0.25) is 0 Å². The van der Waals surface area contributed by atoms with Crippen LogP contribution in [-0.4, -0.2) is 47.8 Å². The van der Waals surface area contributed by atoms with Gasteiger partial charge >= 0.3 is 0 Å². The maximum Gasteiger partial charge on any atom is 0.257 e. The molecule has 5 rings (SSSR count). The topological polar surface area (TPSA) is 45.1 Å². The van der Waals surface area contributed by atoms with Crippen LogP contribution >= 0.6 is 0 Å². The van der Waals surface area contributed by atoms with Crippen LogP contribution in [0.5, 0.6) is 5.75 Å². The minimum atomic E-state index is -0.283. The van der Waals surface area contributed by atoms with Gasteiger partial charge in [-0.15, -0.1) is 0 Å². The Hall–Kier alpha value is -3.51. The molecule has 0 N–H and O–H groups in total. The molecule has 3 aromatic carbocycles. The van der Waals surface area contributed by atoms with E-state index in [0.717, 1.165) is 54.9 Å². The zero-order valence-electron chi connectivity index (χ0n) is 21.4. The largest absolute Gasteiger partial charge is 0.494 e. The van der Waals surface area contributed by atoms with Crippen molar-refractivity contribution >= 4 is 11.6 Å². The Labute approximate surface area is 218 Å². The highest BCUT2D eigenvalue weighted by atomic mass is 19.1. The van der Waals surface area contributed by atoms with Crippen LogP contribution in [0.4, 0.5) is 4.39 Å².